The van der Waals surface area contributed by atoms with Crippen molar-refractivity contribution in [2.45, 2.75) is 31.7 Å². The zero-order valence-corrected chi connectivity index (χ0v) is 15.9. The number of anilines is 1. The first kappa shape index (κ1) is 19.6. The van der Waals surface area contributed by atoms with Crippen molar-refractivity contribution in [3.05, 3.63) is 65.7 Å². The maximum atomic E-state index is 12.5. The van der Waals surface area contributed by atoms with Gasteiger partial charge in [0.1, 0.15) is 0 Å². The predicted molar refractivity (Wildman–Crippen MR) is 106 cm³/mol. The van der Waals surface area contributed by atoms with Crippen LogP contribution in [0, 0.1) is 0 Å². The second-order valence-corrected chi connectivity index (χ2v) is 6.80. The molecule has 2 aromatic carbocycles. The molecule has 0 aliphatic carbocycles. The molecule has 1 fully saturated rings. The van der Waals surface area contributed by atoms with Crippen LogP contribution in [0.25, 0.3) is 0 Å². The van der Waals surface area contributed by atoms with Gasteiger partial charge < -0.3 is 15.0 Å². The number of esters is 1. The van der Waals surface area contributed by atoms with Gasteiger partial charge in [0.25, 0.3) is 0 Å². The molecule has 0 spiro atoms. The summed E-state index contributed by atoms with van der Waals surface area (Å²) in [6.07, 6.45) is 1.73. The van der Waals surface area contributed by atoms with E-state index >= 15 is 0 Å². The van der Waals surface area contributed by atoms with Crippen molar-refractivity contribution >= 4 is 23.5 Å². The molecule has 6 heteroatoms. The van der Waals surface area contributed by atoms with Crippen LogP contribution in [-0.2, 0) is 25.5 Å². The van der Waals surface area contributed by atoms with Gasteiger partial charge in [-0.05, 0) is 29.7 Å². The summed E-state index contributed by atoms with van der Waals surface area (Å²) in [6, 6.07) is 16.4. The van der Waals surface area contributed by atoms with Crippen LogP contribution in [-0.4, -0.2) is 31.4 Å². The van der Waals surface area contributed by atoms with Crippen LogP contribution in [0.1, 0.15) is 36.4 Å². The van der Waals surface area contributed by atoms with Crippen LogP contribution in [0.3, 0.4) is 0 Å². The Hall–Kier alpha value is -3.15. The normalized spacial score (nSPS) is 14.6. The molecule has 0 unspecified atom stereocenters. The van der Waals surface area contributed by atoms with Gasteiger partial charge in [-0.3, -0.25) is 14.4 Å². The Morgan fingerprint density at radius 3 is 2.43 bits per heavy atom. The fourth-order valence-electron chi connectivity index (χ4n) is 3.33. The zero-order chi connectivity index (χ0) is 19.9. The van der Waals surface area contributed by atoms with Gasteiger partial charge >= 0.3 is 5.97 Å². The molecule has 1 N–H and O–H groups in total. The molecule has 0 radical (unpaired) electrons. The molecule has 1 saturated heterocycles. The minimum Gasteiger partial charge on any atom is -0.469 e. The first-order chi connectivity index (χ1) is 13.6. The summed E-state index contributed by atoms with van der Waals surface area (Å²) in [6.45, 7) is 0.741. The third-order valence-electron chi connectivity index (χ3n) is 4.82. The van der Waals surface area contributed by atoms with Crippen LogP contribution in [0.5, 0.6) is 0 Å². The van der Waals surface area contributed by atoms with Crippen molar-refractivity contribution in [2.24, 2.45) is 0 Å². The molecule has 6 nitrogen and oxygen atoms in total. The lowest BCUT2D eigenvalue weighted by Crippen LogP contribution is -2.31. The topological polar surface area (TPSA) is 75.7 Å². The van der Waals surface area contributed by atoms with E-state index in [1.54, 1.807) is 4.90 Å². The second kappa shape index (κ2) is 9.17. The molecular weight excluding hydrogens is 356 g/mol. The van der Waals surface area contributed by atoms with Crippen LogP contribution in [0.2, 0.25) is 0 Å². The van der Waals surface area contributed by atoms with E-state index in [1.807, 2.05) is 54.6 Å². The van der Waals surface area contributed by atoms with Crippen molar-refractivity contribution < 1.29 is 19.1 Å². The lowest BCUT2D eigenvalue weighted by Gasteiger charge is -2.19. The number of rotatable bonds is 7. The highest BCUT2D eigenvalue weighted by molar-refractivity contribution is 5.95. The maximum absolute atomic E-state index is 12.5. The van der Waals surface area contributed by atoms with Crippen molar-refractivity contribution in [3.8, 4) is 0 Å². The molecule has 1 aliphatic rings. The third-order valence-corrected chi connectivity index (χ3v) is 4.82. The minimum atomic E-state index is -0.442. The van der Waals surface area contributed by atoms with Gasteiger partial charge in [-0.25, -0.2) is 0 Å². The number of amides is 2. The van der Waals surface area contributed by atoms with E-state index in [4.69, 9.17) is 4.74 Å². The number of methoxy groups -OCH3 is 1. The third kappa shape index (κ3) is 4.97. The Morgan fingerprint density at radius 1 is 1.11 bits per heavy atom. The quantitative estimate of drug-likeness (QED) is 0.750. The van der Waals surface area contributed by atoms with Crippen LogP contribution < -0.4 is 10.2 Å². The van der Waals surface area contributed by atoms with E-state index in [9.17, 15) is 14.4 Å². The first-order valence-electron chi connectivity index (χ1n) is 9.37. The monoisotopic (exact) mass is 380 g/mol. The van der Waals surface area contributed by atoms with Crippen molar-refractivity contribution in [1.29, 1.82) is 0 Å². The van der Waals surface area contributed by atoms with Gasteiger partial charge in [-0.1, -0.05) is 42.5 Å². The lowest BCUT2D eigenvalue weighted by atomic mass is 10.0. The molecule has 0 saturated carbocycles. The van der Waals surface area contributed by atoms with E-state index in [0.29, 0.717) is 6.42 Å². The summed E-state index contributed by atoms with van der Waals surface area (Å²) in [5.41, 5.74) is 2.56. The van der Waals surface area contributed by atoms with Crippen LogP contribution in [0.4, 0.5) is 5.69 Å². The Kier molecular flexibility index (Phi) is 6.42. The van der Waals surface area contributed by atoms with Gasteiger partial charge in [0.05, 0.1) is 26.0 Å². The molecule has 1 heterocycles. The molecule has 146 valence electrons. The molecule has 28 heavy (non-hydrogen) atoms. The first-order valence-corrected chi connectivity index (χ1v) is 9.37. The maximum Gasteiger partial charge on any atom is 0.307 e. The van der Waals surface area contributed by atoms with E-state index in [2.05, 4.69) is 5.32 Å². The van der Waals surface area contributed by atoms with E-state index < -0.39 is 6.04 Å². The number of carbonyl (C=O) groups excluding carboxylic acids is 3. The molecule has 0 aromatic heterocycles. The van der Waals surface area contributed by atoms with E-state index in [1.165, 1.54) is 7.11 Å². The number of ether oxygens (including phenoxy) is 1. The Balaban J connectivity index is 1.64. The minimum absolute atomic E-state index is 0.0717. The van der Waals surface area contributed by atoms with Gasteiger partial charge in [-0.2, -0.15) is 0 Å². The smallest absolute Gasteiger partial charge is 0.307 e. The molecule has 2 amide bonds. The molecule has 1 aliphatic heterocycles. The number of benzene rings is 2. The molecule has 2 aromatic rings. The summed E-state index contributed by atoms with van der Waals surface area (Å²) in [7, 11) is 1.33. The Morgan fingerprint density at radius 2 is 1.82 bits per heavy atom. The Labute approximate surface area is 164 Å². The van der Waals surface area contributed by atoms with Crippen molar-refractivity contribution in [2.75, 3.05) is 18.6 Å². The van der Waals surface area contributed by atoms with Gasteiger partial charge in [0, 0.05) is 18.7 Å². The summed E-state index contributed by atoms with van der Waals surface area (Å²) in [5.74, 6) is -0.421. The van der Waals surface area contributed by atoms with Crippen LogP contribution >= 0.6 is 0 Å². The van der Waals surface area contributed by atoms with Gasteiger partial charge in [0.2, 0.25) is 11.8 Å². The fourth-order valence-corrected chi connectivity index (χ4v) is 3.33. The van der Waals surface area contributed by atoms with Gasteiger partial charge in [0.15, 0.2) is 0 Å². The summed E-state index contributed by atoms with van der Waals surface area (Å²) < 4.78 is 4.75. The molecule has 3 rings (SSSR count). The molecular formula is C22H24N2O4. The highest BCUT2D eigenvalue weighted by Gasteiger charge is 2.22. The molecule has 1 atom stereocenters. The highest BCUT2D eigenvalue weighted by atomic mass is 16.5. The van der Waals surface area contributed by atoms with E-state index in [-0.39, 0.29) is 30.6 Å². The summed E-state index contributed by atoms with van der Waals surface area (Å²) in [5, 5.41) is 2.92. The number of carbonyl (C=O) groups is 3. The number of hydrogen-bond acceptors (Lipinski definition) is 4. The lowest BCUT2D eigenvalue weighted by molar-refractivity contribution is -0.141. The van der Waals surface area contributed by atoms with Crippen molar-refractivity contribution in [1.82, 2.24) is 5.32 Å². The van der Waals surface area contributed by atoms with E-state index in [0.717, 1.165) is 29.8 Å². The zero-order valence-electron chi connectivity index (χ0n) is 15.9. The average molecular weight is 380 g/mol. The molecule has 0 bridgehead atoms. The highest BCUT2D eigenvalue weighted by Crippen LogP contribution is 2.22. The summed E-state index contributed by atoms with van der Waals surface area (Å²) in [4.78, 5) is 37.9. The van der Waals surface area contributed by atoms with Crippen LogP contribution in [0.15, 0.2) is 54.6 Å². The number of nitrogens with one attached hydrogen (secondary N) is 1. The summed E-state index contributed by atoms with van der Waals surface area (Å²) >= 11 is 0. The van der Waals surface area contributed by atoms with Gasteiger partial charge in [-0.15, -0.1) is 0 Å². The Bertz CT molecular complexity index is 833. The fraction of sp³-hybridized carbons (Fsp3) is 0.318. The second-order valence-electron chi connectivity index (χ2n) is 6.80. The SMILES string of the molecule is COC(=O)C[C@H](NC(=O)Cc1ccc(N2CCCC2=O)cc1)c1ccccc1. The largest absolute Gasteiger partial charge is 0.469 e. The number of hydrogen-bond donors (Lipinski definition) is 1. The average Bonchev–Trinajstić information content (AvgIpc) is 3.14. The predicted octanol–water partition coefficient (Wildman–Crippen LogP) is 2.78. The van der Waals surface area contributed by atoms with Crippen molar-refractivity contribution in [3.63, 3.8) is 0 Å². The number of nitrogens with zero attached hydrogens (tertiary/aromatic N) is 1. The standard InChI is InChI=1S/C22H24N2O4/c1-28-22(27)15-19(17-6-3-2-4-7-17)23-20(25)14-16-9-11-18(12-10-16)24-13-5-8-21(24)26/h2-4,6-7,9-12,19H,5,8,13-15H2,1H3,(H,23,25)/t19-/m0/s1.